The van der Waals surface area contributed by atoms with Crippen molar-refractivity contribution < 1.29 is 13.9 Å². The van der Waals surface area contributed by atoms with Crippen molar-refractivity contribution in [3.8, 4) is 5.75 Å². The van der Waals surface area contributed by atoms with Gasteiger partial charge in [-0.1, -0.05) is 20.3 Å². The minimum absolute atomic E-state index is 0.00436. The SMILES string of the molecule is CCCOc1ccc2cc(Nc3nc(N[C@H](CCC)[C@H](C)N)c(F)cc3C(N)=O)cnc2c1. The number of hydrogen-bond acceptors (Lipinski definition) is 7. The van der Waals surface area contributed by atoms with Crippen LogP contribution in [0.3, 0.4) is 0 Å². The third-order valence-corrected chi connectivity index (χ3v) is 5.19. The molecule has 0 aliphatic rings. The van der Waals surface area contributed by atoms with Crippen LogP contribution >= 0.6 is 0 Å². The average molecular weight is 455 g/mol. The van der Waals surface area contributed by atoms with E-state index in [2.05, 4.69) is 20.6 Å². The number of nitrogens with two attached hydrogens (primary N) is 2. The van der Waals surface area contributed by atoms with Crippen LogP contribution in [0.4, 0.5) is 21.7 Å². The van der Waals surface area contributed by atoms with E-state index >= 15 is 0 Å². The highest BCUT2D eigenvalue weighted by Gasteiger charge is 2.20. The lowest BCUT2D eigenvalue weighted by Crippen LogP contribution is -2.38. The summed E-state index contributed by atoms with van der Waals surface area (Å²) >= 11 is 0. The second kappa shape index (κ2) is 10.9. The molecule has 176 valence electrons. The highest BCUT2D eigenvalue weighted by Crippen LogP contribution is 2.27. The fourth-order valence-electron chi connectivity index (χ4n) is 3.44. The molecule has 2 heterocycles. The Bertz CT molecular complexity index is 1120. The Morgan fingerprint density at radius 2 is 1.97 bits per heavy atom. The number of anilines is 3. The molecule has 0 spiro atoms. The van der Waals surface area contributed by atoms with Gasteiger partial charge in [0.05, 0.1) is 29.6 Å². The number of hydrogen-bond donors (Lipinski definition) is 4. The molecule has 2 aromatic heterocycles. The molecule has 0 radical (unpaired) electrons. The van der Waals surface area contributed by atoms with Gasteiger partial charge in [-0.3, -0.25) is 9.78 Å². The molecule has 3 aromatic rings. The molecule has 0 aliphatic carbocycles. The van der Waals surface area contributed by atoms with Crippen LogP contribution in [-0.4, -0.2) is 34.6 Å². The lowest BCUT2D eigenvalue weighted by molar-refractivity contribution is 0.100. The van der Waals surface area contributed by atoms with Gasteiger partial charge in [0.2, 0.25) is 0 Å². The second-order valence-corrected chi connectivity index (χ2v) is 8.03. The predicted octanol–water partition coefficient (Wildman–Crippen LogP) is 4.33. The summed E-state index contributed by atoms with van der Waals surface area (Å²) in [6.07, 6.45) is 4.15. The van der Waals surface area contributed by atoms with Crippen molar-refractivity contribution in [2.45, 2.75) is 52.1 Å². The first-order chi connectivity index (χ1) is 15.8. The number of benzene rings is 1. The van der Waals surface area contributed by atoms with Crippen LogP contribution in [0.1, 0.15) is 50.4 Å². The molecular weight excluding hydrogens is 423 g/mol. The topological polar surface area (TPSA) is 128 Å². The van der Waals surface area contributed by atoms with Gasteiger partial charge in [-0.25, -0.2) is 9.37 Å². The molecule has 33 heavy (non-hydrogen) atoms. The minimum Gasteiger partial charge on any atom is -0.494 e. The van der Waals surface area contributed by atoms with E-state index in [4.69, 9.17) is 16.2 Å². The van der Waals surface area contributed by atoms with Crippen LogP contribution in [0.5, 0.6) is 5.75 Å². The summed E-state index contributed by atoms with van der Waals surface area (Å²) < 4.78 is 20.4. The number of carbonyl (C=O) groups excluding carboxylic acids is 1. The zero-order valence-electron chi connectivity index (χ0n) is 19.2. The van der Waals surface area contributed by atoms with Gasteiger partial charge in [0.1, 0.15) is 11.6 Å². The quantitative estimate of drug-likeness (QED) is 0.339. The van der Waals surface area contributed by atoms with E-state index < -0.39 is 11.7 Å². The van der Waals surface area contributed by atoms with Gasteiger partial charge >= 0.3 is 0 Å². The summed E-state index contributed by atoms with van der Waals surface area (Å²) in [5.41, 5.74) is 12.8. The summed E-state index contributed by atoms with van der Waals surface area (Å²) in [6, 6.07) is 8.19. The van der Waals surface area contributed by atoms with E-state index in [9.17, 15) is 9.18 Å². The van der Waals surface area contributed by atoms with Crippen LogP contribution in [0.2, 0.25) is 0 Å². The number of pyridine rings is 2. The molecule has 8 nitrogen and oxygen atoms in total. The maximum Gasteiger partial charge on any atom is 0.252 e. The first-order valence-corrected chi connectivity index (χ1v) is 11.1. The van der Waals surface area contributed by atoms with Crippen LogP contribution in [0, 0.1) is 5.82 Å². The summed E-state index contributed by atoms with van der Waals surface area (Å²) in [6.45, 7) is 6.55. The maximum atomic E-state index is 14.7. The third kappa shape index (κ3) is 6.07. The monoisotopic (exact) mass is 454 g/mol. The Labute approximate surface area is 192 Å². The van der Waals surface area contributed by atoms with E-state index in [1.54, 1.807) is 6.20 Å². The van der Waals surface area contributed by atoms with Crippen LogP contribution in [0.15, 0.2) is 36.5 Å². The van der Waals surface area contributed by atoms with Crippen molar-refractivity contribution >= 4 is 34.1 Å². The fourth-order valence-corrected chi connectivity index (χ4v) is 3.44. The van der Waals surface area contributed by atoms with E-state index in [-0.39, 0.29) is 29.3 Å². The Hall–Kier alpha value is -3.46. The van der Waals surface area contributed by atoms with Crippen molar-refractivity contribution in [2.24, 2.45) is 11.5 Å². The van der Waals surface area contributed by atoms with Gasteiger partial charge < -0.3 is 26.8 Å². The van der Waals surface area contributed by atoms with Crippen molar-refractivity contribution in [2.75, 3.05) is 17.2 Å². The van der Waals surface area contributed by atoms with Crippen LogP contribution in [0.25, 0.3) is 10.9 Å². The molecule has 0 aliphatic heterocycles. The molecule has 2 atom stereocenters. The summed E-state index contributed by atoms with van der Waals surface area (Å²) in [5, 5.41) is 6.98. The molecule has 6 N–H and O–H groups in total. The van der Waals surface area contributed by atoms with Crippen molar-refractivity contribution in [3.05, 3.63) is 47.9 Å². The molecular formula is C24H31FN6O2. The summed E-state index contributed by atoms with van der Waals surface area (Å²) in [7, 11) is 0. The molecule has 0 bridgehead atoms. The fraction of sp³-hybridized carbons (Fsp3) is 0.375. The lowest BCUT2D eigenvalue weighted by Gasteiger charge is -2.23. The van der Waals surface area contributed by atoms with Crippen molar-refractivity contribution in [1.82, 2.24) is 9.97 Å². The first kappa shape index (κ1) is 24.2. The van der Waals surface area contributed by atoms with Crippen molar-refractivity contribution in [3.63, 3.8) is 0 Å². The third-order valence-electron chi connectivity index (χ3n) is 5.19. The number of carbonyl (C=O) groups is 1. The zero-order valence-corrected chi connectivity index (χ0v) is 19.2. The molecule has 0 fully saturated rings. The summed E-state index contributed by atoms with van der Waals surface area (Å²) in [4.78, 5) is 20.7. The van der Waals surface area contributed by atoms with Gasteiger partial charge in [0.15, 0.2) is 11.6 Å². The Balaban J connectivity index is 1.92. The molecule has 0 unspecified atom stereocenters. The normalized spacial score (nSPS) is 12.9. The average Bonchev–Trinajstić information content (AvgIpc) is 2.78. The largest absolute Gasteiger partial charge is 0.494 e. The number of halogens is 1. The number of nitrogens with zero attached hydrogens (tertiary/aromatic N) is 2. The molecule has 9 heteroatoms. The van der Waals surface area contributed by atoms with E-state index in [0.717, 1.165) is 42.0 Å². The zero-order chi connectivity index (χ0) is 24.0. The molecule has 0 saturated heterocycles. The number of ether oxygens (including phenoxy) is 1. The molecule has 1 aromatic carbocycles. The number of nitrogens with one attached hydrogen (secondary N) is 2. The van der Waals surface area contributed by atoms with Gasteiger partial charge in [-0.05, 0) is 44.0 Å². The van der Waals surface area contributed by atoms with E-state index in [1.165, 1.54) is 0 Å². The second-order valence-electron chi connectivity index (χ2n) is 8.03. The smallest absolute Gasteiger partial charge is 0.252 e. The van der Waals surface area contributed by atoms with E-state index in [0.29, 0.717) is 12.3 Å². The van der Waals surface area contributed by atoms with Gasteiger partial charge in [0.25, 0.3) is 5.91 Å². The highest BCUT2D eigenvalue weighted by atomic mass is 19.1. The number of fused-ring (bicyclic) bond motifs is 1. The first-order valence-electron chi connectivity index (χ1n) is 11.1. The maximum absolute atomic E-state index is 14.7. The summed E-state index contributed by atoms with van der Waals surface area (Å²) in [5.74, 6) is -0.577. The number of primary amides is 1. The molecule has 1 amide bonds. The Morgan fingerprint density at radius 1 is 1.18 bits per heavy atom. The lowest BCUT2D eigenvalue weighted by atomic mass is 10.1. The number of rotatable bonds is 11. The predicted molar refractivity (Wildman–Crippen MR) is 129 cm³/mol. The van der Waals surface area contributed by atoms with E-state index in [1.807, 2.05) is 45.0 Å². The Kier molecular flexibility index (Phi) is 8.00. The molecule has 0 saturated carbocycles. The van der Waals surface area contributed by atoms with Crippen LogP contribution in [-0.2, 0) is 0 Å². The van der Waals surface area contributed by atoms with Crippen LogP contribution < -0.4 is 26.8 Å². The Morgan fingerprint density at radius 3 is 2.64 bits per heavy atom. The number of amides is 1. The standard InChI is InChI=1S/C24H31FN6O2/c1-4-6-20(14(3)26)30-24-19(25)12-18(22(27)32)23(31-24)29-16-10-15-7-8-17(33-9-5-2)11-21(15)28-13-16/h7-8,10-14,20H,4-6,9,26H2,1-3H3,(H2,27,32)(H2,29,30,31)/t14-,20+/m0/s1. The highest BCUT2D eigenvalue weighted by molar-refractivity contribution is 5.99. The van der Waals surface area contributed by atoms with Gasteiger partial charge in [0, 0.05) is 23.5 Å². The van der Waals surface area contributed by atoms with Crippen molar-refractivity contribution in [1.29, 1.82) is 0 Å². The molecule has 3 rings (SSSR count). The number of aromatic nitrogens is 2. The van der Waals surface area contributed by atoms with Gasteiger partial charge in [-0.15, -0.1) is 0 Å². The minimum atomic E-state index is -0.792. The van der Waals surface area contributed by atoms with Gasteiger partial charge in [-0.2, -0.15) is 0 Å².